The van der Waals surface area contributed by atoms with E-state index in [1.807, 2.05) is 7.05 Å². The Balaban J connectivity index is 1.51. The minimum absolute atomic E-state index is 0.0536. The zero-order valence-corrected chi connectivity index (χ0v) is 19.0. The van der Waals surface area contributed by atoms with Crippen LogP contribution < -0.4 is 21.3 Å². The van der Waals surface area contributed by atoms with E-state index in [-0.39, 0.29) is 23.8 Å². The normalized spacial score (nSPS) is 44.6. The highest BCUT2D eigenvalue weighted by Crippen LogP contribution is 2.44. The van der Waals surface area contributed by atoms with Gasteiger partial charge in [0, 0.05) is 31.2 Å². The van der Waals surface area contributed by atoms with Gasteiger partial charge in [0.15, 0.2) is 0 Å². The number of hydrogen-bond acceptors (Lipinski definition) is 6. The molecule has 6 nitrogen and oxygen atoms in total. The average molecular weight is 426 g/mol. The second kappa shape index (κ2) is 9.94. The summed E-state index contributed by atoms with van der Waals surface area (Å²) in [6.45, 7) is 5.33. The van der Waals surface area contributed by atoms with Gasteiger partial charge in [-0.3, -0.25) is 16.0 Å². The quantitative estimate of drug-likeness (QED) is 0.407. The number of likely N-dealkylation sites (N-methyl/N-ethyl adjacent to an activating group) is 1. The Hall–Kier alpha value is -0.210. The first kappa shape index (κ1) is 22.0. The fraction of sp³-hybridized carbons (Fsp3) is 0.909. The Bertz CT molecular complexity index is 575. The maximum Gasteiger partial charge on any atom is 0.113 e. The number of fused-ring (bicyclic) bond motifs is 1. The predicted octanol–water partition coefficient (Wildman–Crippen LogP) is 1.82. The molecule has 4 rings (SSSR count). The van der Waals surface area contributed by atoms with Crippen molar-refractivity contribution in [2.75, 3.05) is 33.8 Å². The molecule has 4 aliphatic rings. The molecule has 3 heterocycles. The van der Waals surface area contributed by atoms with Gasteiger partial charge >= 0.3 is 0 Å². The number of alkyl halides is 1. The summed E-state index contributed by atoms with van der Waals surface area (Å²) in [5, 5.41) is 14.6. The Labute approximate surface area is 181 Å². The van der Waals surface area contributed by atoms with Gasteiger partial charge in [-0.25, -0.2) is 0 Å². The number of ether oxygens (including phenoxy) is 1. The molecule has 7 heteroatoms. The Morgan fingerprint density at radius 2 is 2.10 bits per heavy atom. The summed E-state index contributed by atoms with van der Waals surface area (Å²) < 4.78 is 6.37. The lowest BCUT2D eigenvalue weighted by molar-refractivity contribution is -0.0781. The molecule has 0 aromatic carbocycles. The fourth-order valence-electron chi connectivity index (χ4n) is 5.83. The van der Waals surface area contributed by atoms with Gasteiger partial charge in [-0.1, -0.05) is 11.6 Å². The number of nitrogens with one attached hydrogen (secondary N) is 4. The number of halogens is 1. The van der Waals surface area contributed by atoms with E-state index in [1.165, 1.54) is 24.8 Å². The van der Waals surface area contributed by atoms with Crippen LogP contribution in [0.2, 0.25) is 0 Å². The van der Waals surface area contributed by atoms with Gasteiger partial charge in [0.2, 0.25) is 0 Å². The zero-order chi connectivity index (χ0) is 20.4. The molecule has 0 radical (unpaired) electrons. The van der Waals surface area contributed by atoms with Gasteiger partial charge in [-0.2, -0.15) is 0 Å². The van der Waals surface area contributed by atoms with E-state index in [9.17, 15) is 0 Å². The third kappa shape index (κ3) is 5.17. The molecule has 2 saturated heterocycles. The topological polar surface area (TPSA) is 60.6 Å². The Kier molecular flexibility index (Phi) is 7.54. The van der Waals surface area contributed by atoms with Crippen LogP contribution in [-0.4, -0.2) is 74.7 Å². The summed E-state index contributed by atoms with van der Waals surface area (Å²) in [6.07, 6.45) is 10.1. The van der Waals surface area contributed by atoms with E-state index in [4.69, 9.17) is 16.3 Å². The highest BCUT2D eigenvalue weighted by atomic mass is 35.5. The molecule has 0 bridgehead atoms. The van der Waals surface area contributed by atoms with Crippen LogP contribution in [-0.2, 0) is 4.74 Å². The molecule has 3 fully saturated rings. The first-order valence-corrected chi connectivity index (χ1v) is 12.1. The minimum Gasteiger partial charge on any atom is -0.377 e. The summed E-state index contributed by atoms with van der Waals surface area (Å²) >= 11 is 7.25. The van der Waals surface area contributed by atoms with Crippen LogP contribution in [0.15, 0.2) is 11.6 Å². The minimum atomic E-state index is 0.0536. The van der Waals surface area contributed by atoms with Gasteiger partial charge in [0.05, 0.1) is 17.6 Å². The van der Waals surface area contributed by atoms with E-state index in [0.717, 1.165) is 39.0 Å². The van der Waals surface area contributed by atoms with Crippen LogP contribution in [0, 0.1) is 11.8 Å². The van der Waals surface area contributed by atoms with Crippen molar-refractivity contribution >= 4 is 11.6 Å². The molecule has 0 spiro atoms. The van der Waals surface area contributed by atoms with E-state index in [2.05, 4.69) is 46.2 Å². The monoisotopic (exact) mass is 425 g/mol. The van der Waals surface area contributed by atoms with E-state index >= 15 is 0 Å². The molecule has 0 aromatic heterocycles. The molecule has 8 atom stereocenters. The molecule has 4 N–H and O–H groups in total. The second-order valence-electron chi connectivity index (χ2n) is 9.61. The van der Waals surface area contributed by atoms with Gasteiger partial charge in [-0.05, 0) is 72.0 Å². The summed E-state index contributed by atoms with van der Waals surface area (Å²) in [5.41, 5.74) is 1.53. The zero-order valence-electron chi connectivity index (χ0n) is 18.3. The first-order valence-electron chi connectivity index (χ1n) is 11.6. The third-order valence-corrected chi connectivity index (χ3v) is 7.94. The molecule has 1 saturated carbocycles. The average Bonchev–Trinajstić information content (AvgIpc) is 2.92. The Morgan fingerprint density at radius 1 is 1.24 bits per heavy atom. The van der Waals surface area contributed by atoms with Gasteiger partial charge in [0.25, 0.3) is 0 Å². The summed E-state index contributed by atoms with van der Waals surface area (Å²) in [5.74, 6) is 0.921. The lowest BCUT2D eigenvalue weighted by Gasteiger charge is -2.49. The summed E-state index contributed by atoms with van der Waals surface area (Å²) in [4.78, 5) is 2.41. The molecule has 0 amide bonds. The molecule has 0 aromatic rings. The molecule has 29 heavy (non-hydrogen) atoms. The van der Waals surface area contributed by atoms with E-state index < -0.39 is 0 Å². The van der Waals surface area contributed by atoms with Crippen LogP contribution in [0.4, 0.5) is 0 Å². The largest absolute Gasteiger partial charge is 0.377 e. The van der Waals surface area contributed by atoms with Crippen LogP contribution in [0.5, 0.6) is 0 Å². The second-order valence-corrected chi connectivity index (χ2v) is 10.1. The first-order chi connectivity index (χ1) is 14.0. The number of nitrogens with zero attached hydrogens (tertiary/aromatic N) is 1. The number of rotatable bonds is 4. The van der Waals surface area contributed by atoms with Gasteiger partial charge < -0.3 is 15.0 Å². The summed E-state index contributed by atoms with van der Waals surface area (Å²) in [6, 6.07) is 0.740. The highest BCUT2D eigenvalue weighted by Gasteiger charge is 2.47. The number of hydrogen-bond donors (Lipinski definition) is 4. The maximum absolute atomic E-state index is 7.25. The molecule has 1 aliphatic carbocycles. The van der Waals surface area contributed by atoms with Crippen LogP contribution in [0.1, 0.15) is 45.4 Å². The highest BCUT2D eigenvalue weighted by molar-refractivity contribution is 6.21. The standard InChI is InChI=1S/C22H40ClN5O/c1-14-12-18(24-2)27-22(25-14)26-17-13-16-7-5-11-29-21(16)19(20(17)23)15-6-4-9-28(3)10-8-15/h8,14,16-22,24-27H,4-7,9-13H2,1-3H3. The van der Waals surface area contributed by atoms with Crippen LogP contribution in [0.3, 0.4) is 0 Å². The maximum atomic E-state index is 7.25. The third-order valence-electron chi connectivity index (χ3n) is 7.37. The summed E-state index contributed by atoms with van der Waals surface area (Å²) in [7, 11) is 4.23. The van der Waals surface area contributed by atoms with Gasteiger partial charge in [0.1, 0.15) is 6.29 Å². The predicted molar refractivity (Wildman–Crippen MR) is 119 cm³/mol. The van der Waals surface area contributed by atoms with Crippen molar-refractivity contribution in [3.05, 3.63) is 11.6 Å². The smallest absolute Gasteiger partial charge is 0.113 e. The lowest BCUT2D eigenvalue weighted by atomic mass is 9.69. The molecular weight excluding hydrogens is 386 g/mol. The lowest BCUT2D eigenvalue weighted by Crippen LogP contribution is -2.69. The molecular formula is C22H40ClN5O. The fourth-order valence-corrected chi connectivity index (χ4v) is 6.32. The van der Waals surface area contributed by atoms with Crippen LogP contribution >= 0.6 is 11.6 Å². The van der Waals surface area contributed by atoms with Crippen molar-refractivity contribution in [2.45, 2.75) is 81.5 Å². The Morgan fingerprint density at radius 3 is 2.93 bits per heavy atom. The van der Waals surface area contributed by atoms with E-state index in [0.29, 0.717) is 24.0 Å². The van der Waals surface area contributed by atoms with Crippen molar-refractivity contribution in [1.29, 1.82) is 0 Å². The molecule has 166 valence electrons. The van der Waals surface area contributed by atoms with Crippen molar-refractivity contribution in [3.8, 4) is 0 Å². The SMILES string of the molecule is CNC1CC(C)NC(NC2CC3CCCOC3C(C3=CCN(C)CCC3)C2Cl)N1. The van der Waals surface area contributed by atoms with E-state index in [1.54, 1.807) is 0 Å². The molecule has 3 aliphatic heterocycles. The van der Waals surface area contributed by atoms with Crippen molar-refractivity contribution in [3.63, 3.8) is 0 Å². The molecule has 8 unspecified atom stereocenters. The van der Waals surface area contributed by atoms with Crippen molar-refractivity contribution in [1.82, 2.24) is 26.2 Å². The van der Waals surface area contributed by atoms with Crippen molar-refractivity contribution < 1.29 is 4.74 Å². The van der Waals surface area contributed by atoms with Gasteiger partial charge in [-0.15, -0.1) is 11.6 Å². The van der Waals surface area contributed by atoms with Crippen molar-refractivity contribution in [2.24, 2.45) is 11.8 Å². The van der Waals surface area contributed by atoms with Crippen LogP contribution in [0.25, 0.3) is 0 Å².